The van der Waals surface area contributed by atoms with Crippen LogP contribution in [0, 0.1) is 0 Å². The summed E-state index contributed by atoms with van der Waals surface area (Å²) in [6, 6.07) is 3.94. The lowest BCUT2D eigenvalue weighted by Crippen LogP contribution is -2.10. The zero-order chi connectivity index (χ0) is 11.7. The van der Waals surface area contributed by atoms with Gasteiger partial charge in [0.1, 0.15) is 0 Å². The van der Waals surface area contributed by atoms with Gasteiger partial charge in [0.25, 0.3) is 0 Å². The summed E-state index contributed by atoms with van der Waals surface area (Å²) < 4.78 is 0. The minimum Gasteiger partial charge on any atom is -0.281 e. The minimum atomic E-state index is 0.514. The summed E-state index contributed by atoms with van der Waals surface area (Å²) in [6.07, 6.45) is 7.38. The molecule has 0 atom stereocenters. The van der Waals surface area contributed by atoms with Crippen molar-refractivity contribution in [3.05, 3.63) is 35.8 Å². The van der Waals surface area contributed by atoms with Crippen LogP contribution in [0.15, 0.2) is 24.5 Å². The maximum atomic E-state index is 6.08. The van der Waals surface area contributed by atoms with Gasteiger partial charge in [-0.2, -0.15) is 5.10 Å². The second-order valence-corrected chi connectivity index (χ2v) is 4.73. The minimum absolute atomic E-state index is 0.514. The molecule has 0 radical (unpaired) electrons. The van der Waals surface area contributed by atoms with Crippen LogP contribution in [0.25, 0.3) is 11.3 Å². The van der Waals surface area contributed by atoms with Gasteiger partial charge in [0.15, 0.2) is 0 Å². The summed E-state index contributed by atoms with van der Waals surface area (Å²) in [7, 11) is 0. The van der Waals surface area contributed by atoms with Gasteiger partial charge in [0.05, 0.1) is 11.6 Å². The summed E-state index contributed by atoms with van der Waals surface area (Å²) >= 11 is 6.08. The number of rotatable bonds is 3. The molecule has 3 rings (SSSR count). The Kier molecular flexibility index (Phi) is 2.85. The lowest BCUT2D eigenvalue weighted by atomic mass is 9.81. The van der Waals surface area contributed by atoms with Crippen molar-refractivity contribution in [2.75, 3.05) is 0 Å². The molecular formula is C13H14ClN3. The van der Waals surface area contributed by atoms with E-state index < -0.39 is 0 Å². The molecule has 3 nitrogen and oxygen atoms in total. The fourth-order valence-corrected chi connectivity index (χ4v) is 2.57. The molecule has 0 bridgehead atoms. The van der Waals surface area contributed by atoms with E-state index in [9.17, 15) is 0 Å². The monoisotopic (exact) mass is 247 g/mol. The summed E-state index contributed by atoms with van der Waals surface area (Å²) in [6.45, 7) is 0. The fourth-order valence-electron chi connectivity index (χ4n) is 2.30. The average Bonchev–Trinajstić information content (AvgIpc) is 2.71. The van der Waals surface area contributed by atoms with Gasteiger partial charge in [-0.05, 0) is 25.0 Å². The van der Waals surface area contributed by atoms with E-state index in [1.54, 1.807) is 12.4 Å². The SMILES string of the molecule is ClCc1c(-c2ccncc2)n[nH]c1C1CCC1. The van der Waals surface area contributed by atoms with Crippen LogP contribution in [-0.4, -0.2) is 15.2 Å². The highest BCUT2D eigenvalue weighted by atomic mass is 35.5. The maximum Gasteiger partial charge on any atom is 0.0968 e. The topological polar surface area (TPSA) is 41.6 Å². The van der Waals surface area contributed by atoms with Gasteiger partial charge in [-0.3, -0.25) is 10.1 Å². The number of pyridine rings is 1. The quantitative estimate of drug-likeness (QED) is 0.844. The molecule has 0 unspecified atom stereocenters. The molecule has 88 valence electrons. The van der Waals surface area contributed by atoms with Crippen LogP contribution in [0.4, 0.5) is 0 Å². The van der Waals surface area contributed by atoms with Crippen molar-refractivity contribution >= 4 is 11.6 Å². The predicted molar refractivity (Wildman–Crippen MR) is 68.0 cm³/mol. The Morgan fingerprint density at radius 1 is 1.29 bits per heavy atom. The first-order valence-corrected chi connectivity index (χ1v) is 6.47. The second kappa shape index (κ2) is 4.49. The van der Waals surface area contributed by atoms with E-state index in [0.29, 0.717) is 11.8 Å². The summed E-state index contributed by atoms with van der Waals surface area (Å²) in [5.74, 6) is 1.15. The average molecular weight is 248 g/mol. The van der Waals surface area contributed by atoms with E-state index in [-0.39, 0.29) is 0 Å². The van der Waals surface area contributed by atoms with E-state index >= 15 is 0 Å². The number of aromatic nitrogens is 3. The normalized spacial score (nSPS) is 15.8. The highest BCUT2D eigenvalue weighted by Gasteiger charge is 2.26. The van der Waals surface area contributed by atoms with E-state index in [2.05, 4.69) is 15.2 Å². The Morgan fingerprint density at radius 3 is 2.65 bits per heavy atom. The molecule has 0 saturated heterocycles. The van der Waals surface area contributed by atoms with Gasteiger partial charge < -0.3 is 0 Å². The van der Waals surface area contributed by atoms with Crippen LogP contribution >= 0.6 is 11.6 Å². The number of halogens is 1. The highest BCUT2D eigenvalue weighted by molar-refractivity contribution is 6.17. The molecule has 0 spiro atoms. The Balaban J connectivity index is 2.02. The molecule has 0 amide bonds. The van der Waals surface area contributed by atoms with Gasteiger partial charge in [0.2, 0.25) is 0 Å². The van der Waals surface area contributed by atoms with Crippen LogP contribution < -0.4 is 0 Å². The van der Waals surface area contributed by atoms with Gasteiger partial charge in [-0.15, -0.1) is 11.6 Å². The Bertz CT molecular complexity index is 503. The van der Waals surface area contributed by atoms with Crippen molar-refractivity contribution in [3.63, 3.8) is 0 Å². The number of nitrogens with one attached hydrogen (secondary N) is 1. The molecule has 1 fully saturated rings. The summed E-state index contributed by atoms with van der Waals surface area (Å²) in [4.78, 5) is 4.02. The molecule has 4 heteroatoms. The third-order valence-electron chi connectivity index (χ3n) is 3.50. The molecule has 17 heavy (non-hydrogen) atoms. The molecule has 0 aliphatic heterocycles. The largest absolute Gasteiger partial charge is 0.281 e. The van der Waals surface area contributed by atoms with Crippen molar-refractivity contribution in [2.24, 2.45) is 0 Å². The number of alkyl halides is 1. The fraction of sp³-hybridized carbons (Fsp3) is 0.385. The van der Waals surface area contributed by atoms with Crippen LogP contribution in [-0.2, 0) is 5.88 Å². The van der Waals surface area contributed by atoms with E-state index in [4.69, 9.17) is 11.6 Å². The molecule has 1 saturated carbocycles. The number of hydrogen-bond acceptors (Lipinski definition) is 2. The van der Waals surface area contributed by atoms with Crippen molar-refractivity contribution in [1.29, 1.82) is 0 Å². The van der Waals surface area contributed by atoms with E-state index in [0.717, 1.165) is 16.8 Å². The Hall–Kier alpha value is -1.35. The summed E-state index contributed by atoms with van der Waals surface area (Å²) in [5, 5.41) is 7.59. The molecule has 2 aromatic rings. The smallest absolute Gasteiger partial charge is 0.0968 e. The highest BCUT2D eigenvalue weighted by Crippen LogP contribution is 2.39. The molecule has 2 heterocycles. The zero-order valence-electron chi connectivity index (χ0n) is 9.49. The van der Waals surface area contributed by atoms with Gasteiger partial charge in [0, 0.05) is 35.1 Å². The Morgan fingerprint density at radius 2 is 2.06 bits per heavy atom. The third kappa shape index (κ3) is 1.84. The molecular weight excluding hydrogens is 234 g/mol. The maximum absolute atomic E-state index is 6.08. The molecule has 1 aliphatic rings. The first-order valence-electron chi connectivity index (χ1n) is 5.93. The lowest BCUT2D eigenvalue weighted by Gasteiger charge is -2.24. The van der Waals surface area contributed by atoms with Crippen molar-refractivity contribution < 1.29 is 0 Å². The predicted octanol–water partition coefficient (Wildman–Crippen LogP) is 3.48. The molecule has 1 N–H and O–H groups in total. The van der Waals surface area contributed by atoms with Gasteiger partial charge >= 0.3 is 0 Å². The third-order valence-corrected chi connectivity index (χ3v) is 3.77. The van der Waals surface area contributed by atoms with Crippen molar-refractivity contribution in [1.82, 2.24) is 15.2 Å². The molecule has 0 aromatic carbocycles. The first-order chi connectivity index (χ1) is 8.40. The molecule has 2 aromatic heterocycles. The number of aromatic amines is 1. The van der Waals surface area contributed by atoms with Gasteiger partial charge in [-0.25, -0.2) is 0 Å². The zero-order valence-corrected chi connectivity index (χ0v) is 10.2. The van der Waals surface area contributed by atoms with E-state index in [1.165, 1.54) is 25.0 Å². The Labute approximate surface area is 105 Å². The van der Waals surface area contributed by atoms with Crippen LogP contribution in [0.2, 0.25) is 0 Å². The van der Waals surface area contributed by atoms with E-state index in [1.807, 2.05) is 12.1 Å². The van der Waals surface area contributed by atoms with Crippen LogP contribution in [0.1, 0.15) is 36.4 Å². The second-order valence-electron chi connectivity index (χ2n) is 4.46. The standard InChI is InChI=1S/C13H14ClN3/c14-8-11-12(9-2-1-3-9)16-17-13(11)10-4-6-15-7-5-10/h4-7,9H,1-3,8H2,(H,16,17). The number of nitrogens with zero attached hydrogens (tertiary/aromatic N) is 2. The summed E-state index contributed by atoms with van der Waals surface area (Å²) in [5.41, 5.74) is 4.45. The molecule has 1 aliphatic carbocycles. The van der Waals surface area contributed by atoms with Gasteiger partial charge in [-0.1, -0.05) is 6.42 Å². The van der Waals surface area contributed by atoms with Crippen molar-refractivity contribution in [3.8, 4) is 11.3 Å². The van der Waals surface area contributed by atoms with Crippen LogP contribution in [0.3, 0.4) is 0 Å². The number of H-pyrrole nitrogens is 1. The lowest BCUT2D eigenvalue weighted by molar-refractivity contribution is 0.409. The van der Waals surface area contributed by atoms with Crippen LogP contribution in [0.5, 0.6) is 0 Å². The first kappa shape index (κ1) is 10.8. The van der Waals surface area contributed by atoms with Crippen molar-refractivity contribution in [2.45, 2.75) is 31.1 Å². The number of hydrogen-bond donors (Lipinski definition) is 1.